The van der Waals surface area contributed by atoms with Gasteiger partial charge in [-0.3, -0.25) is 14.4 Å². The summed E-state index contributed by atoms with van der Waals surface area (Å²) in [5.41, 5.74) is -1.21. The van der Waals surface area contributed by atoms with Crippen molar-refractivity contribution in [1.82, 2.24) is 0 Å². The quantitative estimate of drug-likeness (QED) is 0.120. The fraction of sp³-hybridized carbons (Fsp3) is 0.220. The van der Waals surface area contributed by atoms with Crippen LogP contribution < -0.4 is 29.8 Å². The zero-order chi connectivity index (χ0) is 37.0. The highest BCUT2D eigenvalue weighted by Crippen LogP contribution is 2.38. The number of rotatable bonds is 12. The Hall–Kier alpha value is -6.54. The van der Waals surface area contributed by atoms with E-state index in [-0.39, 0.29) is 62.1 Å². The fourth-order valence-electron chi connectivity index (χ4n) is 6.19. The maximum Gasteiger partial charge on any atom is 0.327 e. The van der Waals surface area contributed by atoms with Crippen LogP contribution in [-0.4, -0.2) is 41.0 Å². The number of esters is 1. The minimum absolute atomic E-state index is 0.0429. The minimum Gasteiger partial charge on any atom is -0.497 e. The largest absolute Gasteiger partial charge is 0.497 e. The van der Waals surface area contributed by atoms with E-state index < -0.39 is 24.2 Å². The van der Waals surface area contributed by atoms with Gasteiger partial charge < -0.3 is 32.5 Å². The summed E-state index contributed by atoms with van der Waals surface area (Å²) in [7, 11) is 6.03. The predicted molar refractivity (Wildman–Crippen MR) is 194 cm³/mol. The van der Waals surface area contributed by atoms with Gasteiger partial charge in [-0.1, -0.05) is 24.3 Å². The Morgan fingerprint density at radius 2 is 1.02 bits per heavy atom. The normalized spacial score (nSPS) is 11.2. The van der Waals surface area contributed by atoms with Crippen molar-refractivity contribution in [3.63, 3.8) is 0 Å². The summed E-state index contributed by atoms with van der Waals surface area (Å²) in [6.07, 6.45) is -0.845. The number of fused-ring (bicyclic) bond motifs is 2. The highest BCUT2D eigenvalue weighted by atomic mass is 16.5. The Kier molecular flexibility index (Phi) is 10.0. The lowest BCUT2D eigenvalue weighted by Gasteiger charge is -2.25. The fourth-order valence-corrected chi connectivity index (χ4v) is 6.19. The van der Waals surface area contributed by atoms with Crippen molar-refractivity contribution in [2.24, 2.45) is 5.41 Å². The number of nitrogens with zero attached hydrogens (tertiary/aromatic N) is 1. The zero-order valence-corrected chi connectivity index (χ0v) is 29.2. The van der Waals surface area contributed by atoms with Gasteiger partial charge in [-0.15, -0.1) is 0 Å². The number of ether oxygens (including phenoxy) is 5. The van der Waals surface area contributed by atoms with E-state index in [1.165, 1.54) is 28.4 Å². The summed E-state index contributed by atoms with van der Waals surface area (Å²) < 4.78 is 39.8. The van der Waals surface area contributed by atoms with Crippen molar-refractivity contribution in [3.8, 4) is 51.3 Å². The SMILES string of the molecule is CCOC(=O)C(C#N)(Cc1oc2cc(OC)ccc2c(=O)c1-c1ccc(OC)cc1)Cc1oc2cc(OC)ccc2c(=O)c1-c1ccc(OC)cc1. The summed E-state index contributed by atoms with van der Waals surface area (Å²) in [6.45, 7) is 1.58. The molecule has 0 aliphatic heterocycles. The Bertz CT molecular complexity index is 2280. The summed E-state index contributed by atoms with van der Waals surface area (Å²) in [5.74, 6) is 1.20. The van der Waals surface area contributed by atoms with E-state index in [9.17, 15) is 19.6 Å². The molecule has 0 N–H and O–H groups in total. The highest BCUT2D eigenvalue weighted by molar-refractivity contribution is 5.87. The van der Waals surface area contributed by atoms with Crippen LogP contribution in [0.4, 0.5) is 0 Å². The lowest BCUT2D eigenvalue weighted by Crippen LogP contribution is -2.37. The van der Waals surface area contributed by atoms with Crippen molar-refractivity contribution in [3.05, 3.63) is 117 Å². The third-order valence-corrected chi connectivity index (χ3v) is 8.91. The average Bonchev–Trinajstić information content (AvgIpc) is 3.17. The van der Waals surface area contributed by atoms with Crippen molar-refractivity contribution >= 4 is 27.9 Å². The molecule has 0 unspecified atom stereocenters. The van der Waals surface area contributed by atoms with Crippen molar-refractivity contribution in [2.75, 3.05) is 35.0 Å². The second-order valence-corrected chi connectivity index (χ2v) is 11.9. The molecule has 0 saturated carbocycles. The van der Waals surface area contributed by atoms with E-state index >= 15 is 0 Å². The molecule has 0 radical (unpaired) electrons. The van der Waals surface area contributed by atoms with Crippen molar-refractivity contribution in [2.45, 2.75) is 19.8 Å². The van der Waals surface area contributed by atoms with Gasteiger partial charge in [-0.25, -0.2) is 0 Å². The number of carbonyl (C=O) groups is 1. The Morgan fingerprint density at radius 1 is 0.635 bits per heavy atom. The lowest BCUT2D eigenvalue weighted by molar-refractivity contribution is -0.152. The number of benzene rings is 4. The Balaban J connectivity index is 1.61. The summed E-state index contributed by atoms with van der Waals surface area (Å²) >= 11 is 0. The summed E-state index contributed by atoms with van der Waals surface area (Å²) in [5, 5.41) is 11.6. The first-order valence-corrected chi connectivity index (χ1v) is 16.3. The first-order chi connectivity index (χ1) is 25.2. The first kappa shape index (κ1) is 35.3. The van der Waals surface area contributed by atoms with Crippen LogP contribution in [0.15, 0.2) is 103 Å². The van der Waals surface area contributed by atoms with Gasteiger partial charge in [0.15, 0.2) is 5.41 Å². The smallest absolute Gasteiger partial charge is 0.327 e. The Morgan fingerprint density at radius 3 is 1.37 bits per heavy atom. The number of hydrogen-bond donors (Lipinski definition) is 0. The van der Waals surface area contributed by atoms with Gasteiger partial charge in [0.25, 0.3) is 0 Å². The van der Waals surface area contributed by atoms with Crippen LogP contribution in [0.2, 0.25) is 0 Å². The molecule has 2 heterocycles. The van der Waals surface area contributed by atoms with Gasteiger partial charge in [-0.05, 0) is 66.6 Å². The van der Waals surface area contributed by atoms with Gasteiger partial charge in [0.1, 0.15) is 45.7 Å². The molecule has 52 heavy (non-hydrogen) atoms. The van der Waals surface area contributed by atoms with Crippen LogP contribution in [0.1, 0.15) is 18.4 Å². The maximum atomic E-state index is 14.3. The molecule has 264 valence electrons. The molecule has 0 aliphatic carbocycles. The standard InChI is InChI=1S/C41H35NO10/c1-6-50-40(45)41(23-42,21-34-36(24-7-11-26(46-2)12-8-24)38(43)30-17-15-28(48-4)19-32(30)51-34)22-35-37(25-9-13-27(47-3)14-10-25)39(44)31-18-16-29(49-5)20-33(31)52-35/h7-20H,6,21-22H2,1-5H3. The van der Waals surface area contributed by atoms with E-state index in [4.69, 9.17) is 32.5 Å². The highest BCUT2D eigenvalue weighted by Gasteiger charge is 2.45. The number of methoxy groups -OCH3 is 4. The van der Waals surface area contributed by atoms with Gasteiger partial charge >= 0.3 is 5.97 Å². The van der Waals surface area contributed by atoms with E-state index in [1.807, 2.05) is 0 Å². The van der Waals surface area contributed by atoms with Crippen LogP contribution in [0.5, 0.6) is 23.0 Å². The van der Waals surface area contributed by atoms with E-state index in [0.29, 0.717) is 34.1 Å². The molecule has 0 atom stereocenters. The molecule has 0 spiro atoms. The number of carbonyl (C=O) groups excluding carboxylic acids is 1. The van der Waals surface area contributed by atoms with Crippen LogP contribution in [0.3, 0.4) is 0 Å². The average molecular weight is 702 g/mol. The summed E-state index contributed by atoms with van der Waals surface area (Å²) in [4.78, 5) is 42.6. The molecule has 6 aromatic rings. The van der Waals surface area contributed by atoms with Gasteiger partial charge in [0.2, 0.25) is 10.9 Å². The van der Waals surface area contributed by atoms with E-state index in [0.717, 1.165) is 0 Å². The van der Waals surface area contributed by atoms with Gasteiger partial charge in [0.05, 0.1) is 63.0 Å². The van der Waals surface area contributed by atoms with E-state index in [1.54, 1.807) is 91.9 Å². The van der Waals surface area contributed by atoms with E-state index in [2.05, 4.69) is 6.07 Å². The van der Waals surface area contributed by atoms with Crippen molar-refractivity contribution in [1.29, 1.82) is 5.26 Å². The molecule has 4 aromatic carbocycles. The van der Waals surface area contributed by atoms with Gasteiger partial charge in [-0.2, -0.15) is 5.26 Å². The molecule has 11 nitrogen and oxygen atoms in total. The molecule has 11 heteroatoms. The predicted octanol–water partition coefficient (Wildman–Crippen LogP) is 7.13. The minimum atomic E-state index is -2.05. The molecule has 2 aromatic heterocycles. The zero-order valence-electron chi connectivity index (χ0n) is 29.2. The molecule has 0 bridgehead atoms. The Labute approximate surface area is 298 Å². The molecular weight excluding hydrogens is 666 g/mol. The van der Waals surface area contributed by atoms with Crippen molar-refractivity contribution < 1.29 is 37.3 Å². The molecule has 0 aliphatic rings. The second kappa shape index (κ2) is 14.7. The molecular formula is C41H35NO10. The molecule has 0 fully saturated rings. The maximum absolute atomic E-state index is 14.3. The van der Waals surface area contributed by atoms with Crippen LogP contribution in [0, 0.1) is 16.7 Å². The van der Waals surface area contributed by atoms with Crippen LogP contribution in [-0.2, 0) is 22.4 Å². The third kappa shape index (κ3) is 6.54. The molecule has 0 saturated heterocycles. The summed E-state index contributed by atoms with van der Waals surface area (Å²) in [6, 6.07) is 25.3. The first-order valence-electron chi connectivity index (χ1n) is 16.3. The molecule has 0 amide bonds. The second-order valence-electron chi connectivity index (χ2n) is 11.9. The third-order valence-electron chi connectivity index (χ3n) is 8.91. The van der Waals surface area contributed by atoms with Crippen LogP contribution in [0.25, 0.3) is 44.2 Å². The molecule has 6 rings (SSSR count). The number of nitriles is 1. The lowest BCUT2D eigenvalue weighted by atomic mass is 9.78. The monoisotopic (exact) mass is 701 g/mol. The topological polar surface area (TPSA) is 147 Å². The number of hydrogen-bond acceptors (Lipinski definition) is 11. The van der Waals surface area contributed by atoms with Crippen LogP contribution >= 0.6 is 0 Å². The van der Waals surface area contributed by atoms with Gasteiger partial charge in [0, 0.05) is 25.0 Å².